The summed E-state index contributed by atoms with van der Waals surface area (Å²) in [5.74, 6) is -6.40. The summed E-state index contributed by atoms with van der Waals surface area (Å²) >= 11 is 0. The van der Waals surface area contributed by atoms with Crippen molar-refractivity contribution < 1.29 is 70.9 Å². The number of hydrogen-bond acceptors (Lipinski definition) is 12. The van der Waals surface area contributed by atoms with E-state index in [2.05, 4.69) is 9.47 Å². The molecule has 0 amide bonds. The van der Waals surface area contributed by atoms with Gasteiger partial charge in [0.1, 0.15) is 24.4 Å². The van der Waals surface area contributed by atoms with Crippen molar-refractivity contribution in [3.63, 3.8) is 0 Å². The van der Waals surface area contributed by atoms with Crippen LogP contribution in [0.25, 0.3) is 0 Å². The van der Waals surface area contributed by atoms with Crippen LogP contribution in [0.2, 0.25) is 0 Å². The fourth-order valence-electron chi connectivity index (χ4n) is 1.62. The molecule has 152 valence electrons. The van der Waals surface area contributed by atoms with Gasteiger partial charge >= 0.3 is 35.0 Å². The van der Waals surface area contributed by atoms with Crippen LogP contribution in [0.15, 0.2) is 23.0 Å². The number of esters is 2. The van der Waals surface area contributed by atoms with Crippen molar-refractivity contribution >= 4 is 35.0 Å². The summed E-state index contributed by atoms with van der Waals surface area (Å²) in [6, 6.07) is 0. The van der Waals surface area contributed by atoms with Crippen molar-refractivity contribution in [1.82, 2.24) is 0 Å². The van der Waals surface area contributed by atoms with Gasteiger partial charge in [-0.05, 0) is 11.5 Å². The molecule has 0 aliphatic carbocycles. The predicted molar refractivity (Wildman–Crippen MR) is 78.2 cm³/mol. The van der Waals surface area contributed by atoms with E-state index in [0.29, 0.717) is 0 Å². The van der Waals surface area contributed by atoms with Crippen LogP contribution in [-0.2, 0) is 19.1 Å². The van der Waals surface area contributed by atoms with Gasteiger partial charge in [0.2, 0.25) is 0 Å². The fourth-order valence-corrected chi connectivity index (χ4v) is 1.62. The van der Waals surface area contributed by atoms with E-state index in [1.807, 2.05) is 0 Å². The van der Waals surface area contributed by atoms with E-state index in [0.717, 1.165) is 0 Å². The molecule has 14 nitrogen and oxygen atoms in total. The summed E-state index contributed by atoms with van der Waals surface area (Å²) in [7, 11) is 0. The summed E-state index contributed by atoms with van der Waals surface area (Å²) in [5.41, 5.74) is 0. The van der Waals surface area contributed by atoms with Crippen LogP contribution < -0.4 is 10.2 Å². The van der Waals surface area contributed by atoms with Crippen molar-refractivity contribution in [1.29, 1.82) is 0 Å². The maximum absolute atomic E-state index is 10.8. The Morgan fingerprint density at radius 3 is 1.22 bits per heavy atom. The number of aliphatic hydroxyl groups is 6. The Morgan fingerprint density at radius 2 is 1.07 bits per heavy atom. The minimum Gasteiger partial charge on any atom is -0.870 e. The normalized spacial score (nSPS) is 23.0. The van der Waals surface area contributed by atoms with Crippen LogP contribution >= 0.6 is 0 Å². The smallest absolute Gasteiger partial charge is 0.870 e. The number of aliphatic hydroxyl groups excluding tert-OH is 6. The van der Waals surface area contributed by atoms with Crippen molar-refractivity contribution in [2.24, 2.45) is 0 Å². The first kappa shape index (κ1) is 29.9. The maximum Gasteiger partial charge on any atom is 2.00 e. The van der Waals surface area contributed by atoms with Crippen LogP contribution in [0.3, 0.4) is 0 Å². The Morgan fingerprint density at radius 1 is 0.815 bits per heavy atom. The summed E-state index contributed by atoms with van der Waals surface area (Å²) in [4.78, 5) is 21.0. The van der Waals surface area contributed by atoms with Gasteiger partial charge in [-0.3, -0.25) is 0 Å². The molecule has 0 fully saturated rings. The van der Waals surface area contributed by atoms with Gasteiger partial charge in [0.05, 0.1) is 13.2 Å². The zero-order valence-electron chi connectivity index (χ0n) is 13.6. The molecule has 2 aliphatic heterocycles. The zero-order valence-corrected chi connectivity index (χ0v) is 15.0. The topological polar surface area (TPSA) is 283 Å². The van der Waals surface area contributed by atoms with Crippen molar-refractivity contribution in [2.75, 3.05) is 13.2 Å². The molecule has 0 aromatic heterocycles. The van der Waals surface area contributed by atoms with Crippen LogP contribution in [-0.4, -0.2) is 114 Å². The Bertz CT molecular complexity index is 522. The second kappa shape index (κ2) is 12.5. The number of carbonyl (C=O) groups excluding carboxylic acids is 2. The van der Waals surface area contributed by atoms with Crippen molar-refractivity contribution in [3.8, 4) is 0 Å². The van der Waals surface area contributed by atoms with Gasteiger partial charge < -0.3 is 61.3 Å². The Hall–Kier alpha value is -1.85. The molecule has 0 unspecified atom stereocenters. The average molecular weight is 411 g/mol. The number of cyclic esters (lactones) is 2. The Labute approximate surface area is 167 Å². The molecule has 27 heavy (non-hydrogen) atoms. The Kier molecular flexibility index (Phi) is 13.9. The van der Waals surface area contributed by atoms with E-state index >= 15 is 0 Å². The quantitative estimate of drug-likeness (QED) is 0.186. The largest absolute Gasteiger partial charge is 2.00 e. The van der Waals surface area contributed by atoms with Crippen LogP contribution in [0, 0.1) is 0 Å². The molecular weight excluding hydrogens is 392 g/mol. The first-order chi connectivity index (χ1) is 11.1. The van der Waals surface area contributed by atoms with Gasteiger partial charge in [0.15, 0.2) is 11.5 Å². The molecule has 0 aromatic rings. The minimum absolute atomic E-state index is 0. The number of rotatable bonds is 4. The third-order valence-electron chi connectivity index (χ3n) is 2.91. The van der Waals surface area contributed by atoms with Gasteiger partial charge in [-0.2, -0.15) is 0 Å². The van der Waals surface area contributed by atoms with Crippen LogP contribution in [0.4, 0.5) is 0 Å². The van der Waals surface area contributed by atoms with E-state index in [1.165, 1.54) is 0 Å². The van der Waals surface area contributed by atoms with Gasteiger partial charge in [-0.25, -0.2) is 9.59 Å². The molecule has 4 atom stereocenters. The molecule has 0 saturated heterocycles. The third-order valence-corrected chi connectivity index (χ3v) is 2.91. The molecule has 2 aliphatic rings. The monoisotopic (exact) mass is 410 g/mol. The van der Waals surface area contributed by atoms with Gasteiger partial charge in [-0.1, -0.05) is 0 Å². The first-order valence-electron chi connectivity index (χ1n) is 6.35. The second-order valence-corrected chi connectivity index (χ2v) is 4.58. The van der Waals surface area contributed by atoms with Crippen molar-refractivity contribution in [2.45, 2.75) is 24.4 Å². The molecule has 0 bridgehead atoms. The molecule has 15 heteroatoms. The van der Waals surface area contributed by atoms with E-state index in [9.17, 15) is 19.8 Å². The minimum atomic E-state index is -1.48. The summed E-state index contributed by atoms with van der Waals surface area (Å²) in [6.07, 6.45) is -5.90. The maximum atomic E-state index is 10.8. The summed E-state index contributed by atoms with van der Waals surface area (Å²) in [6.45, 7) is -1.42. The molecule has 0 spiro atoms. The van der Waals surface area contributed by atoms with E-state index < -0.39 is 72.6 Å². The summed E-state index contributed by atoms with van der Waals surface area (Å²) < 4.78 is 8.51. The average Bonchev–Trinajstić information content (AvgIpc) is 2.98. The number of ether oxygens (including phenoxy) is 2. The predicted octanol–water partition coefficient (Wildman–Crippen LogP) is -7.24. The van der Waals surface area contributed by atoms with Gasteiger partial charge in [0.25, 0.3) is 0 Å². The van der Waals surface area contributed by atoms with E-state index in [4.69, 9.17) is 30.6 Å². The molecule has 10 N–H and O–H groups in total. The molecule has 0 aromatic carbocycles. The molecule has 2 rings (SSSR count). The molecule has 0 saturated carbocycles. The second-order valence-electron chi connectivity index (χ2n) is 4.58. The van der Waals surface area contributed by atoms with Gasteiger partial charge in [-0.15, -0.1) is 0 Å². The number of carbonyl (C=O) groups is 2. The van der Waals surface area contributed by atoms with Gasteiger partial charge in [0, 0.05) is 0 Å². The zero-order chi connectivity index (χ0) is 18.6. The standard InChI is InChI=1S/2C6H8O6.Mg.2H2O/c2*7-1-2(8)5-3(9)4(10)6(11)12-5;;;/h2*2,5,7-10H,1H2;;2*1H2/q;;+2;;/p-2/t2*2-,5+;;;/m00.../s1. The van der Waals surface area contributed by atoms with Crippen molar-refractivity contribution in [3.05, 3.63) is 23.0 Å². The Balaban J connectivity index is -0.000000384. The molecule has 0 radical (unpaired) electrons. The van der Waals surface area contributed by atoms with Crippen LogP contribution in [0.5, 0.6) is 0 Å². The SMILES string of the molecule is O.O.O=C1O[C@H]([C@@H](O)CO)C([O-])=C1O.O=C1O[C@H]([C@@H](O)CO)C([O-])=C1O.[Mg+2]. The fraction of sp³-hybridized carbons (Fsp3) is 0.500. The summed E-state index contributed by atoms with van der Waals surface area (Å²) in [5, 5.41) is 73.6. The third kappa shape index (κ3) is 6.67. The van der Waals surface area contributed by atoms with Crippen LogP contribution in [0.1, 0.15) is 0 Å². The van der Waals surface area contributed by atoms with E-state index in [-0.39, 0.29) is 34.0 Å². The molecular formula is C12H18MgO14. The molecule has 2 heterocycles. The number of hydrogen-bond donors (Lipinski definition) is 6. The first-order valence-corrected chi connectivity index (χ1v) is 6.35. The van der Waals surface area contributed by atoms with E-state index in [1.54, 1.807) is 0 Å².